The molecule has 164 valence electrons. The molecule has 10 heteroatoms. The van der Waals surface area contributed by atoms with E-state index in [2.05, 4.69) is 10.3 Å². The third-order valence-corrected chi connectivity index (χ3v) is 5.30. The molecule has 0 atom stereocenters. The summed E-state index contributed by atoms with van der Waals surface area (Å²) >= 11 is 0. The highest BCUT2D eigenvalue weighted by molar-refractivity contribution is 6.05. The van der Waals surface area contributed by atoms with Crippen LogP contribution in [0, 0.1) is 13.8 Å². The highest BCUT2D eigenvalue weighted by Crippen LogP contribution is 2.37. The number of piperazine rings is 1. The van der Waals surface area contributed by atoms with Crippen molar-refractivity contribution in [1.29, 1.82) is 0 Å². The van der Waals surface area contributed by atoms with E-state index in [1.807, 2.05) is 4.90 Å². The number of nitrogens with one attached hydrogen (secondary N) is 1. The van der Waals surface area contributed by atoms with Crippen molar-refractivity contribution in [3.05, 3.63) is 35.0 Å². The lowest BCUT2D eigenvalue weighted by atomic mass is 10.1. The van der Waals surface area contributed by atoms with E-state index in [9.17, 15) is 14.4 Å². The number of aryl methyl sites for hydroxylation is 2. The maximum Gasteiger partial charge on any atom is 0.276 e. The number of oxazole rings is 1. The minimum atomic E-state index is -0.246. The first kappa shape index (κ1) is 20.9. The molecule has 4 rings (SSSR count). The lowest BCUT2D eigenvalue weighted by Crippen LogP contribution is -2.50. The van der Waals surface area contributed by atoms with Crippen LogP contribution < -0.4 is 14.8 Å². The van der Waals surface area contributed by atoms with Gasteiger partial charge >= 0.3 is 0 Å². The maximum absolute atomic E-state index is 12.6. The van der Waals surface area contributed by atoms with Gasteiger partial charge in [-0.2, -0.15) is 0 Å². The fourth-order valence-electron chi connectivity index (χ4n) is 3.72. The van der Waals surface area contributed by atoms with Gasteiger partial charge in [0.2, 0.25) is 12.7 Å². The van der Waals surface area contributed by atoms with Crippen LogP contribution >= 0.6 is 0 Å². The molecule has 1 saturated heterocycles. The van der Waals surface area contributed by atoms with Gasteiger partial charge < -0.3 is 24.1 Å². The summed E-state index contributed by atoms with van der Waals surface area (Å²) in [5.74, 6) is 1.36. The number of hydrogen-bond acceptors (Lipinski definition) is 8. The molecule has 0 spiro atoms. The molecule has 1 aromatic heterocycles. The lowest BCUT2D eigenvalue weighted by molar-refractivity contribution is -0.117. The van der Waals surface area contributed by atoms with Crippen LogP contribution in [-0.2, 0) is 4.79 Å². The molecule has 10 nitrogen and oxygen atoms in total. The third-order valence-electron chi connectivity index (χ3n) is 5.30. The molecule has 1 fully saturated rings. The number of anilines is 1. The Labute approximate surface area is 179 Å². The predicted octanol–water partition coefficient (Wildman–Crippen LogP) is 1.62. The summed E-state index contributed by atoms with van der Waals surface area (Å²) in [5, 5.41) is 2.80. The van der Waals surface area contributed by atoms with Gasteiger partial charge in [-0.15, -0.1) is 0 Å². The highest BCUT2D eigenvalue weighted by atomic mass is 16.7. The Balaban J connectivity index is 1.34. The lowest BCUT2D eigenvalue weighted by Gasteiger charge is -2.34. The Morgan fingerprint density at radius 2 is 1.74 bits per heavy atom. The second-order valence-electron chi connectivity index (χ2n) is 7.56. The van der Waals surface area contributed by atoms with Crippen LogP contribution in [0.5, 0.6) is 11.5 Å². The predicted molar refractivity (Wildman–Crippen MR) is 110 cm³/mol. The first-order valence-electron chi connectivity index (χ1n) is 10.0. The number of carbonyl (C=O) groups is 3. The average molecular weight is 428 g/mol. The zero-order chi connectivity index (χ0) is 22.1. The number of Topliss-reactive ketones (excluding diaryl/α,β-unsaturated/α-hetero) is 1. The third kappa shape index (κ3) is 4.38. The molecule has 0 saturated carbocycles. The molecule has 2 aliphatic heterocycles. The molecule has 0 aliphatic carbocycles. The molecule has 2 aliphatic rings. The Hall–Kier alpha value is -3.40. The highest BCUT2D eigenvalue weighted by Gasteiger charge is 2.27. The topological polar surface area (TPSA) is 114 Å². The Bertz CT molecular complexity index is 1040. The number of aromatic nitrogens is 1. The van der Waals surface area contributed by atoms with Crippen molar-refractivity contribution in [2.24, 2.45) is 0 Å². The number of benzene rings is 1. The first-order chi connectivity index (χ1) is 14.8. The van der Waals surface area contributed by atoms with Gasteiger partial charge in [0.1, 0.15) is 5.76 Å². The van der Waals surface area contributed by atoms with Gasteiger partial charge in [0.25, 0.3) is 5.91 Å². The minimum Gasteiger partial charge on any atom is -0.454 e. The first-order valence-corrected chi connectivity index (χ1v) is 10.0. The largest absolute Gasteiger partial charge is 0.454 e. The van der Waals surface area contributed by atoms with Gasteiger partial charge in [0.15, 0.2) is 28.9 Å². The monoisotopic (exact) mass is 428 g/mol. The number of nitrogens with zero attached hydrogens (tertiary/aromatic N) is 3. The van der Waals surface area contributed by atoms with Gasteiger partial charge in [0, 0.05) is 44.7 Å². The number of amides is 2. The number of fused-ring (bicyclic) bond motifs is 1. The van der Waals surface area contributed by atoms with E-state index in [1.54, 1.807) is 30.9 Å². The van der Waals surface area contributed by atoms with E-state index in [0.29, 0.717) is 66.3 Å². The van der Waals surface area contributed by atoms with Crippen LogP contribution in [0.1, 0.15) is 39.4 Å². The second kappa shape index (κ2) is 8.38. The smallest absolute Gasteiger partial charge is 0.276 e. The van der Waals surface area contributed by atoms with Crippen molar-refractivity contribution in [2.45, 2.75) is 20.8 Å². The summed E-state index contributed by atoms with van der Waals surface area (Å²) < 4.78 is 16.0. The van der Waals surface area contributed by atoms with Gasteiger partial charge in [-0.1, -0.05) is 0 Å². The van der Waals surface area contributed by atoms with Gasteiger partial charge in [-0.3, -0.25) is 19.3 Å². The summed E-state index contributed by atoms with van der Waals surface area (Å²) in [5.41, 5.74) is 1.10. The van der Waals surface area contributed by atoms with Gasteiger partial charge in [-0.05, 0) is 19.9 Å². The molecule has 1 aromatic carbocycles. The van der Waals surface area contributed by atoms with E-state index < -0.39 is 0 Å². The van der Waals surface area contributed by atoms with Crippen molar-refractivity contribution in [3.63, 3.8) is 0 Å². The SMILES string of the molecule is CC(=O)c1cc2c(cc1NC(=O)CN1CCN(C(=O)c3nc(C)oc3C)CC1)OCO2. The van der Waals surface area contributed by atoms with Crippen molar-refractivity contribution in [1.82, 2.24) is 14.8 Å². The molecule has 2 amide bonds. The summed E-state index contributed by atoms with van der Waals surface area (Å²) in [6.45, 7) is 7.17. The van der Waals surface area contributed by atoms with Gasteiger partial charge in [-0.25, -0.2) is 4.98 Å². The summed E-state index contributed by atoms with van der Waals surface area (Å²) in [7, 11) is 0. The molecule has 0 unspecified atom stereocenters. The molecule has 0 bridgehead atoms. The second-order valence-corrected chi connectivity index (χ2v) is 7.56. The van der Waals surface area contributed by atoms with Crippen LogP contribution in [0.3, 0.4) is 0 Å². The van der Waals surface area contributed by atoms with Gasteiger partial charge in [0.05, 0.1) is 12.2 Å². The van der Waals surface area contributed by atoms with Crippen LogP contribution in [-0.4, -0.2) is 71.9 Å². The van der Waals surface area contributed by atoms with Crippen molar-refractivity contribution in [3.8, 4) is 11.5 Å². The molecular formula is C21H24N4O6. The Kier molecular flexibility index (Phi) is 5.64. The van der Waals surface area contributed by atoms with Crippen LogP contribution in [0.4, 0.5) is 5.69 Å². The van der Waals surface area contributed by atoms with Crippen LogP contribution in [0.2, 0.25) is 0 Å². The number of ketones is 1. The van der Waals surface area contributed by atoms with Crippen LogP contribution in [0.15, 0.2) is 16.5 Å². The number of rotatable bonds is 5. The normalized spacial score (nSPS) is 15.8. The Morgan fingerprint density at radius 1 is 1.06 bits per heavy atom. The molecule has 1 N–H and O–H groups in total. The Morgan fingerprint density at radius 3 is 2.35 bits per heavy atom. The van der Waals surface area contributed by atoms with E-state index in [1.165, 1.54) is 6.92 Å². The zero-order valence-electron chi connectivity index (χ0n) is 17.7. The van der Waals surface area contributed by atoms with Crippen molar-refractivity contribution >= 4 is 23.3 Å². The fraction of sp³-hybridized carbons (Fsp3) is 0.429. The van der Waals surface area contributed by atoms with E-state index in [0.717, 1.165) is 0 Å². The standard InChI is InChI=1S/C21H24N4O6/c1-12(26)15-8-17-18(30-11-29-17)9-16(15)23-19(27)10-24-4-6-25(7-5-24)21(28)20-13(2)31-14(3)22-20/h8-9H,4-7,10-11H2,1-3H3,(H,23,27). The number of carbonyl (C=O) groups excluding carboxylic acids is 3. The van der Waals surface area contributed by atoms with Crippen LogP contribution in [0.25, 0.3) is 0 Å². The molecule has 31 heavy (non-hydrogen) atoms. The van der Waals surface area contributed by atoms with E-state index in [4.69, 9.17) is 13.9 Å². The average Bonchev–Trinajstić information content (AvgIpc) is 3.32. The zero-order valence-corrected chi connectivity index (χ0v) is 17.7. The molecule has 2 aromatic rings. The molecule has 3 heterocycles. The van der Waals surface area contributed by atoms with Crippen molar-refractivity contribution in [2.75, 3.05) is 44.8 Å². The maximum atomic E-state index is 12.6. The summed E-state index contributed by atoms with van der Waals surface area (Å²) in [4.78, 5) is 45.1. The van der Waals surface area contributed by atoms with E-state index in [-0.39, 0.29) is 30.9 Å². The van der Waals surface area contributed by atoms with Crippen molar-refractivity contribution < 1.29 is 28.3 Å². The molecule has 0 radical (unpaired) electrons. The molecular weight excluding hydrogens is 404 g/mol. The summed E-state index contributed by atoms with van der Waals surface area (Å²) in [6.07, 6.45) is 0. The summed E-state index contributed by atoms with van der Waals surface area (Å²) in [6, 6.07) is 3.19. The quantitative estimate of drug-likeness (QED) is 0.715. The number of ether oxygens (including phenoxy) is 2. The number of hydrogen-bond donors (Lipinski definition) is 1. The minimum absolute atomic E-state index is 0.0838. The fourth-order valence-corrected chi connectivity index (χ4v) is 3.72. The van der Waals surface area contributed by atoms with E-state index >= 15 is 0 Å².